The predicted octanol–water partition coefficient (Wildman–Crippen LogP) is 4.90. The number of oxime groups is 1. The van der Waals surface area contributed by atoms with Gasteiger partial charge in [-0.05, 0) is 67.7 Å². The maximum absolute atomic E-state index is 14.7. The van der Waals surface area contributed by atoms with Gasteiger partial charge in [0.05, 0.1) is 24.9 Å². The van der Waals surface area contributed by atoms with Gasteiger partial charge in [0, 0.05) is 31.9 Å². The molecule has 1 saturated carbocycles. The van der Waals surface area contributed by atoms with Crippen molar-refractivity contribution in [3.8, 4) is 5.75 Å². The molecule has 0 radical (unpaired) electrons. The average Bonchev–Trinajstić information content (AvgIpc) is 3.70. The molecule has 2 fully saturated rings. The summed E-state index contributed by atoms with van der Waals surface area (Å²) in [7, 11) is 1.37. The molecule has 2 aliphatic heterocycles. The Labute approximate surface area is 309 Å². The van der Waals surface area contributed by atoms with Crippen LogP contribution in [0.2, 0.25) is 0 Å². The van der Waals surface area contributed by atoms with E-state index in [2.05, 4.69) is 28.0 Å². The molecule has 0 aromatic heterocycles. The fourth-order valence-electron chi connectivity index (χ4n) is 8.08. The molecule has 1 aromatic rings. The van der Waals surface area contributed by atoms with Gasteiger partial charge in [-0.25, -0.2) is 0 Å². The van der Waals surface area contributed by atoms with Crippen LogP contribution in [-0.2, 0) is 28.8 Å². The van der Waals surface area contributed by atoms with Crippen molar-refractivity contribution in [2.24, 2.45) is 22.4 Å². The summed E-state index contributed by atoms with van der Waals surface area (Å²) in [5.74, 6) is -1.20. The molecule has 288 valence electrons. The smallest absolute Gasteiger partial charge is 0.289 e. The molecule has 1 saturated heterocycles. The first kappa shape index (κ1) is 40.8. The SMILES string of the molecule is CCC[C@H](NC(=O)[C@@H]1C[C@]2(CC(c3cc(C)c(OCC)c(C)c3)=NO2)CN1C(=O)[C@@H](NC(=O)C[C@@H](C)C1CCCCC1)C(C)(C)C)C(=O)C(=O)NC. The third-order valence-corrected chi connectivity index (χ3v) is 10.9. The summed E-state index contributed by atoms with van der Waals surface area (Å²) >= 11 is 0. The van der Waals surface area contributed by atoms with Crippen molar-refractivity contribution in [3.63, 3.8) is 0 Å². The van der Waals surface area contributed by atoms with Gasteiger partial charge in [-0.1, -0.05) is 78.3 Å². The number of aryl methyl sites for hydroxylation is 2. The van der Waals surface area contributed by atoms with Crippen LogP contribution in [0, 0.1) is 31.1 Å². The van der Waals surface area contributed by atoms with Gasteiger partial charge in [-0.2, -0.15) is 0 Å². The molecule has 5 atom stereocenters. The lowest BCUT2D eigenvalue weighted by molar-refractivity contribution is -0.145. The van der Waals surface area contributed by atoms with Gasteiger partial charge in [0.25, 0.3) is 5.91 Å². The number of carbonyl (C=O) groups is 5. The van der Waals surface area contributed by atoms with E-state index < -0.39 is 52.6 Å². The zero-order valence-electron chi connectivity index (χ0n) is 32.8. The van der Waals surface area contributed by atoms with Crippen molar-refractivity contribution >= 4 is 35.1 Å². The summed E-state index contributed by atoms with van der Waals surface area (Å²) in [5, 5.41) is 12.7. The molecule has 1 aromatic carbocycles. The van der Waals surface area contributed by atoms with Crippen molar-refractivity contribution in [2.75, 3.05) is 20.2 Å². The second kappa shape index (κ2) is 17.2. The van der Waals surface area contributed by atoms with E-state index in [1.165, 1.54) is 31.2 Å². The number of rotatable bonds is 14. The van der Waals surface area contributed by atoms with Crippen molar-refractivity contribution in [1.82, 2.24) is 20.9 Å². The number of likely N-dealkylation sites (tertiary alicyclic amines) is 1. The molecule has 4 rings (SSSR count). The molecule has 3 N–H and O–H groups in total. The van der Waals surface area contributed by atoms with Crippen LogP contribution in [-0.4, -0.2) is 83.9 Å². The number of hydrogen-bond acceptors (Lipinski definition) is 8. The fourth-order valence-corrected chi connectivity index (χ4v) is 8.08. The van der Waals surface area contributed by atoms with E-state index in [0.29, 0.717) is 37.5 Å². The summed E-state index contributed by atoms with van der Waals surface area (Å²) in [4.78, 5) is 75.3. The number of benzene rings is 1. The molecule has 12 nitrogen and oxygen atoms in total. The number of ether oxygens (including phenoxy) is 1. The summed E-state index contributed by atoms with van der Waals surface area (Å²) < 4.78 is 5.84. The highest BCUT2D eigenvalue weighted by molar-refractivity contribution is 6.38. The molecule has 0 unspecified atom stereocenters. The molecule has 52 heavy (non-hydrogen) atoms. The van der Waals surface area contributed by atoms with Crippen LogP contribution in [0.4, 0.5) is 0 Å². The molecule has 2 heterocycles. The van der Waals surface area contributed by atoms with Gasteiger partial charge >= 0.3 is 0 Å². The third-order valence-electron chi connectivity index (χ3n) is 10.9. The first-order valence-electron chi connectivity index (χ1n) is 19.2. The molecule has 12 heteroatoms. The van der Waals surface area contributed by atoms with Crippen LogP contribution in [0.25, 0.3) is 0 Å². The number of ketones is 1. The number of carbonyl (C=O) groups excluding carboxylic acids is 5. The summed E-state index contributed by atoms with van der Waals surface area (Å²) in [6, 6.07) is 0.976. The molecule has 1 spiro atoms. The number of amides is 4. The molecule has 4 amide bonds. The maximum Gasteiger partial charge on any atom is 0.289 e. The Morgan fingerprint density at radius 3 is 2.27 bits per heavy atom. The van der Waals surface area contributed by atoms with Gasteiger partial charge in [-0.3, -0.25) is 24.0 Å². The Bertz CT molecular complexity index is 1510. The highest BCUT2D eigenvalue weighted by atomic mass is 16.7. The monoisotopic (exact) mass is 723 g/mol. The summed E-state index contributed by atoms with van der Waals surface area (Å²) in [6.07, 6.45) is 7.40. The van der Waals surface area contributed by atoms with Crippen LogP contribution >= 0.6 is 0 Å². The van der Waals surface area contributed by atoms with Crippen LogP contribution in [0.1, 0.15) is 122 Å². The van der Waals surface area contributed by atoms with Gasteiger partial charge < -0.3 is 30.4 Å². The standard InChI is InChI=1S/C40H61N5O7/c1-10-15-29(33(47)37(49)41-9)42-36(48)31-22-40(21-30(44-52-40)28-18-25(4)34(51-11-2)26(5)19-28)23-45(31)38(50)35(39(6,7)8)43-32(46)20-24(3)27-16-13-12-14-17-27/h18-19,24,27,29,31,35H,10-17,20-23H2,1-9H3,(H,41,49)(H,42,48)(H,43,46)/t24-,29+,31+,35-,40-/m1/s1. The number of hydrogen-bond donors (Lipinski definition) is 3. The molecule has 3 aliphatic rings. The largest absolute Gasteiger partial charge is 0.493 e. The van der Waals surface area contributed by atoms with Gasteiger partial charge in [0.2, 0.25) is 23.5 Å². The van der Waals surface area contributed by atoms with Crippen LogP contribution in [0.5, 0.6) is 5.75 Å². The minimum atomic E-state index is -1.06. The van der Waals surface area contributed by atoms with E-state index in [1.54, 1.807) is 0 Å². The third kappa shape index (κ3) is 9.52. The number of nitrogens with one attached hydrogen (secondary N) is 3. The Kier molecular flexibility index (Phi) is 13.5. The first-order valence-corrected chi connectivity index (χ1v) is 19.2. The second-order valence-electron chi connectivity index (χ2n) is 16.3. The van der Waals surface area contributed by atoms with Crippen LogP contribution in [0.15, 0.2) is 17.3 Å². The second-order valence-corrected chi connectivity index (χ2v) is 16.3. The van der Waals surface area contributed by atoms with E-state index in [-0.39, 0.29) is 31.2 Å². The lowest BCUT2D eigenvalue weighted by atomic mass is 9.79. The highest BCUT2D eigenvalue weighted by Gasteiger charge is 2.55. The number of nitrogens with zero attached hydrogens (tertiary/aromatic N) is 2. The molecule has 1 aliphatic carbocycles. The van der Waals surface area contributed by atoms with Gasteiger partial charge in [0.1, 0.15) is 17.8 Å². The minimum Gasteiger partial charge on any atom is -0.493 e. The molecular formula is C40H61N5O7. The van der Waals surface area contributed by atoms with Crippen molar-refractivity contribution < 1.29 is 33.5 Å². The zero-order valence-corrected chi connectivity index (χ0v) is 32.8. The van der Waals surface area contributed by atoms with Crippen molar-refractivity contribution in [3.05, 3.63) is 28.8 Å². The lowest BCUT2D eigenvalue weighted by Crippen LogP contribution is -2.59. The topological polar surface area (TPSA) is 156 Å². The van der Waals surface area contributed by atoms with Crippen LogP contribution < -0.4 is 20.7 Å². The normalized spacial score (nSPS) is 22.2. The number of Topliss-reactive ketones (excluding diaryl/α,β-unsaturated/α-hetero) is 1. The Morgan fingerprint density at radius 1 is 1.04 bits per heavy atom. The zero-order chi connectivity index (χ0) is 38.4. The predicted molar refractivity (Wildman–Crippen MR) is 200 cm³/mol. The van der Waals surface area contributed by atoms with E-state index in [4.69, 9.17) is 9.57 Å². The Balaban J connectivity index is 1.62. The summed E-state index contributed by atoms with van der Waals surface area (Å²) in [5.41, 5.74) is 1.79. The Morgan fingerprint density at radius 2 is 1.69 bits per heavy atom. The van der Waals surface area contributed by atoms with E-state index in [9.17, 15) is 24.0 Å². The van der Waals surface area contributed by atoms with E-state index in [0.717, 1.165) is 35.3 Å². The van der Waals surface area contributed by atoms with Crippen LogP contribution in [0.3, 0.4) is 0 Å². The minimum absolute atomic E-state index is 0.0503. The molecular weight excluding hydrogens is 662 g/mol. The van der Waals surface area contributed by atoms with Gasteiger partial charge in [-0.15, -0.1) is 0 Å². The van der Waals surface area contributed by atoms with E-state index in [1.807, 2.05) is 60.6 Å². The van der Waals surface area contributed by atoms with Crippen molar-refractivity contribution in [2.45, 2.75) is 143 Å². The lowest BCUT2D eigenvalue weighted by Gasteiger charge is -2.36. The van der Waals surface area contributed by atoms with Gasteiger partial charge in [0.15, 0.2) is 5.60 Å². The van der Waals surface area contributed by atoms with Crippen molar-refractivity contribution in [1.29, 1.82) is 0 Å². The average molecular weight is 724 g/mol. The highest BCUT2D eigenvalue weighted by Crippen LogP contribution is 2.41. The maximum atomic E-state index is 14.7. The quantitative estimate of drug-likeness (QED) is 0.231. The summed E-state index contributed by atoms with van der Waals surface area (Å²) in [6.45, 7) is 16.2. The Hall–Kier alpha value is -3.96. The fraction of sp³-hybridized carbons (Fsp3) is 0.700. The molecule has 0 bridgehead atoms. The number of likely N-dealkylation sites (N-methyl/N-ethyl adjacent to an activating group) is 1. The van der Waals surface area contributed by atoms with E-state index >= 15 is 0 Å². The first-order chi connectivity index (χ1) is 24.5.